The summed E-state index contributed by atoms with van der Waals surface area (Å²) in [7, 11) is 1.83. The largest absolute Gasteiger partial charge is 0.337 e. The molecule has 154 valence electrons. The lowest BCUT2D eigenvalue weighted by Crippen LogP contribution is -2.47. The van der Waals surface area contributed by atoms with Gasteiger partial charge in [0.1, 0.15) is 0 Å². The highest BCUT2D eigenvalue weighted by Crippen LogP contribution is 2.28. The zero-order valence-electron chi connectivity index (χ0n) is 17.6. The molecule has 2 aromatic carbocycles. The van der Waals surface area contributed by atoms with Gasteiger partial charge in [-0.15, -0.1) is 0 Å². The highest BCUT2D eigenvalue weighted by molar-refractivity contribution is 5.94. The summed E-state index contributed by atoms with van der Waals surface area (Å²) in [6, 6.07) is 18.0. The van der Waals surface area contributed by atoms with Crippen LogP contribution in [0.1, 0.15) is 54.1 Å². The van der Waals surface area contributed by atoms with Gasteiger partial charge in [-0.2, -0.15) is 0 Å². The quantitative estimate of drug-likeness (QED) is 0.825. The van der Waals surface area contributed by atoms with Crippen LogP contribution in [-0.4, -0.2) is 47.9 Å². The Morgan fingerprint density at radius 1 is 1.14 bits per heavy atom. The number of nitrogens with zero attached hydrogens (tertiary/aromatic N) is 2. The highest BCUT2D eigenvalue weighted by atomic mass is 16.2. The summed E-state index contributed by atoms with van der Waals surface area (Å²) in [4.78, 5) is 28.9. The van der Waals surface area contributed by atoms with Gasteiger partial charge in [0, 0.05) is 44.2 Å². The van der Waals surface area contributed by atoms with E-state index in [1.54, 1.807) is 4.90 Å². The van der Waals surface area contributed by atoms with Crippen molar-refractivity contribution < 1.29 is 9.59 Å². The number of benzene rings is 2. The minimum atomic E-state index is -0.000439. The molecule has 1 N–H and O–H groups in total. The van der Waals surface area contributed by atoms with E-state index in [1.165, 1.54) is 0 Å². The van der Waals surface area contributed by atoms with Crippen LogP contribution >= 0.6 is 0 Å². The van der Waals surface area contributed by atoms with E-state index in [2.05, 4.69) is 11.4 Å². The van der Waals surface area contributed by atoms with Crippen LogP contribution in [0.4, 0.5) is 4.79 Å². The fraction of sp³-hybridized carbons (Fsp3) is 0.417. The lowest BCUT2D eigenvalue weighted by Gasteiger charge is -2.33. The molecule has 0 aromatic heterocycles. The van der Waals surface area contributed by atoms with Crippen LogP contribution in [-0.2, 0) is 6.54 Å². The summed E-state index contributed by atoms with van der Waals surface area (Å²) in [5.74, 6) is 0.273. The molecule has 2 aromatic rings. The van der Waals surface area contributed by atoms with E-state index >= 15 is 0 Å². The molecule has 0 aliphatic carbocycles. The topological polar surface area (TPSA) is 52.7 Å². The Hall–Kier alpha value is -2.82. The van der Waals surface area contributed by atoms with Gasteiger partial charge < -0.3 is 15.1 Å². The molecule has 5 nitrogen and oxygen atoms in total. The third-order valence-corrected chi connectivity index (χ3v) is 5.34. The predicted molar refractivity (Wildman–Crippen MR) is 116 cm³/mol. The van der Waals surface area contributed by atoms with Gasteiger partial charge in [-0.25, -0.2) is 4.79 Å². The lowest BCUT2D eigenvalue weighted by atomic mass is 9.89. The molecule has 0 bridgehead atoms. The molecule has 1 atom stereocenters. The number of rotatable bonds is 5. The van der Waals surface area contributed by atoms with E-state index in [9.17, 15) is 9.59 Å². The van der Waals surface area contributed by atoms with E-state index in [4.69, 9.17) is 0 Å². The molecule has 1 heterocycles. The van der Waals surface area contributed by atoms with Crippen LogP contribution in [0, 0.1) is 0 Å². The van der Waals surface area contributed by atoms with Crippen molar-refractivity contribution in [3.8, 4) is 0 Å². The molecule has 0 spiro atoms. The summed E-state index contributed by atoms with van der Waals surface area (Å²) >= 11 is 0. The Morgan fingerprint density at radius 2 is 1.90 bits per heavy atom. The second kappa shape index (κ2) is 9.59. The monoisotopic (exact) mass is 393 g/mol. The molecule has 29 heavy (non-hydrogen) atoms. The Kier molecular flexibility index (Phi) is 6.91. The summed E-state index contributed by atoms with van der Waals surface area (Å²) in [6.45, 7) is 6.00. The van der Waals surface area contributed by atoms with Gasteiger partial charge in [0.05, 0.1) is 0 Å². The van der Waals surface area contributed by atoms with Crippen molar-refractivity contribution in [3.63, 3.8) is 0 Å². The Bertz CT molecular complexity index is 835. The SMILES string of the molecule is CC(C)NC(=O)N1CCC[C@@H](c2cccc(C(=O)N(C)Cc3ccccc3)c2)C1. The normalized spacial score (nSPS) is 16.6. The maximum atomic E-state index is 12.9. The van der Waals surface area contributed by atoms with Gasteiger partial charge >= 0.3 is 6.03 Å². The Morgan fingerprint density at radius 3 is 2.62 bits per heavy atom. The number of likely N-dealkylation sites (tertiary alicyclic amines) is 1. The van der Waals surface area contributed by atoms with Gasteiger partial charge in [-0.3, -0.25) is 4.79 Å². The van der Waals surface area contributed by atoms with Crippen LogP contribution in [0.15, 0.2) is 54.6 Å². The highest BCUT2D eigenvalue weighted by Gasteiger charge is 2.25. The predicted octanol–water partition coefficient (Wildman–Crippen LogP) is 4.26. The molecule has 1 saturated heterocycles. The number of carbonyl (C=O) groups is 2. The van der Waals surface area contributed by atoms with Crippen molar-refractivity contribution in [2.45, 2.75) is 45.2 Å². The number of urea groups is 1. The zero-order valence-corrected chi connectivity index (χ0v) is 17.6. The fourth-order valence-corrected chi connectivity index (χ4v) is 3.85. The first kappa shape index (κ1) is 20.9. The second-order valence-electron chi connectivity index (χ2n) is 8.16. The molecule has 1 aliphatic heterocycles. The third-order valence-electron chi connectivity index (χ3n) is 5.34. The lowest BCUT2D eigenvalue weighted by molar-refractivity contribution is 0.0785. The summed E-state index contributed by atoms with van der Waals surface area (Å²) < 4.78 is 0. The molecular weight excluding hydrogens is 362 g/mol. The third kappa shape index (κ3) is 5.59. The maximum absolute atomic E-state index is 12.9. The van der Waals surface area contributed by atoms with E-state index in [0.29, 0.717) is 18.7 Å². The van der Waals surface area contributed by atoms with Gasteiger partial charge in [0.15, 0.2) is 0 Å². The molecular formula is C24H31N3O2. The van der Waals surface area contributed by atoms with Crippen LogP contribution < -0.4 is 5.32 Å². The molecule has 0 saturated carbocycles. The van der Waals surface area contributed by atoms with Crippen LogP contribution in [0.2, 0.25) is 0 Å². The Balaban J connectivity index is 1.68. The molecule has 0 unspecified atom stereocenters. The Labute approximate surface area is 173 Å². The average molecular weight is 394 g/mol. The fourth-order valence-electron chi connectivity index (χ4n) is 3.85. The van der Waals surface area contributed by atoms with E-state index in [-0.39, 0.29) is 23.9 Å². The second-order valence-corrected chi connectivity index (χ2v) is 8.16. The minimum absolute atomic E-state index is 0.000439. The molecule has 3 rings (SSSR count). The van der Waals surface area contributed by atoms with Gasteiger partial charge in [0.25, 0.3) is 5.91 Å². The average Bonchev–Trinajstić information content (AvgIpc) is 2.73. The first-order valence-electron chi connectivity index (χ1n) is 10.4. The minimum Gasteiger partial charge on any atom is -0.337 e. The number of carbonyl (C=O) groups excluding carboxylic acids is 2. The summed E-state index contributed by atoms with van der Waals surface area (Å²) in [6.07, 6.45) is 2.01. The first-order valence-corrected chi connectivity index (χ1v) is 10.4. The number of hydrogen-bond acceptors (Lipinski definition) is 2. The van der Waals surface area contributed by atoms with Crippen molar-refractivity contribution >= 4 is 11.9 Å². The van der Waals surface area contributed by atoms with Crippen molar-refractivity contribution in [3.05, 3.63) is 71.3 Å². The van der Waals surface area contributed by atoms with Gasteiger partial charge in [-0.05, 0) is 49.9 Å². The first-order chi connectivity index (χ1) is 13.9. The summed E-state index contributed by atoms with van der Waals surface area (Å²) in [5, 5.41) is 2.98. The standard InChI is InChI=1S/C24H31N3O2/c1-18(2)25-24(29)27-14-8-13-22(17-27)20-11-7-12-21(15-20)23(28)26(3)16-19-9-5-4-6-10-19/h4-7,9-12,15,18,22H,8,13-14,16-17H2,1-3H3,(H,25,29)/t22-/m1/s1. The van der Waals surface area contributed by atoms with Crippen LogP contribution in [0.25, 0.3) is 0 Å². The van der Waals surface area contributed by atoms with E-state index in [0.717, 1.165) is 30.5 Å². The van der Waals surface area contributed by atoms with Crippen molar-refractivity contribution in [2.75, 3.05) is 20.1 Å². The van der Waals surface area contributed by atoms with Crippen LogP contribution in [0.3, 0.4) is 0 Å². The molecule has 0 radical (unpaired) electrons. The molecule has 5 heteroatoms. The molecule has 3 amide bonds. The number of nitrogens with one attached hydrogen (secondary N) is 1. The van der Waals surface area contributed by atoms with E-state index in [1.807, 2.05) is 74.3 Å². The molecule has 1 aliphatic rings. The van der Waals surface area contributed by atoms with Gasteiger partial charge in [0.2, 0.25) is 0 Å². The number of hydrogen-bond donors (Lipinski definition) is 1. The smallest absolute Gasteiger partial charge is 0.317 e. The van der Waals surface area contributed by atoms with E-state index < -0.39 is 0 Å². The van der Waals surface area contributed by atoms with Gasteiger partial charge in [-0.1, -0.05) is 42.5 Å². The van der Waals surface area contributed by atoms with Crippen molar-refractivity contribution in [1.82, 2.24) is 15.1 Å². The summed E-state index contributed by atoms with van der Waals surface area (Å²) in [5.41, 5.74) is 2.94. The van der Waals surface area contributed by atoms with Crippen molar-refractivity contribution in [1.29, 1.82) is 0 Å². The van der Waals surface area contributed by atoms with Crippen LogP contribution in [0.5, 0.6) is 0 Å². The zero-order chi connectivity index (χ0) is 20.8. The maximum Gasteiger partial charge on any atom is 0.317 e. The van der Waals surface area contributed by atoms with Crippen molar-refractivity contribution in [2.24, 2.45) is 0 Å². The number of piperidine rings is 1. The number of amides is 3. The molecule has 1 fully saturated rings.